The van der Waals surface area contributed by atoms with Crippen LogP contribution in [0, 0.1) is 16.0 Å². The number of carboxylic acids is 1. The average molecular weight is 306 g/mol. The van der Waals surface area contributed by atoms with E-state index in [-0.39, 0.29) is 17.2 Å². The number of nitrogens with one attached hydrogen (secondary N) is 1. The van der Waals surface area contributed by atoms with E-state index in [9.17, 15) is 19.7 Å². The number of amides is 1. The van der Waals surface area contributed by atoms with Crippen molar-refractivity contribution in [2.75, 3.05) is 0 Å². The van der Waals surface area contributed by atoms with Gasteiger partial charge in [0.15, 0.2) is 0 Å². The predicted molar refractivity (Wildman–Crippen MR) is 78.9 cm³/mol. The van der Waals surface area contributed by atoms with Gasteiger partial charge >= 0.3 is 5.97 Å². The standard InChI is InChI=1S/C15H18N2O5/c1-9-2-4-12(5-3-9)16-14(18)10-6-11(15(19)20)8-13(7-10)17(21)22/h6-9,12H,2-5H2,1H3,(H,16,18)(H,19,20). The summed E-state index contributed by atoms with van der Waals surface area (Å²) in [6.45, 7) is 2.16. The SMILES string of the molecule is CC1CCC(NC(=O)c2cc(C(=O)O)cc([N+](=O)[O-])c2)CC1. The molecule has 118 valence electrons. The van der Waals surface area contributed by atoms with Crippen LogP contribution in [-0.4, -0.2) is 27.9 Å². The minimum atomic E-state index is -1.30. The summed E-state index contributed by atoms with van der Waals surface area (Å²) in [5.74, 6) is -1.13. The molecule has 0 atom stereocenters. The lowest BCUT2D eigenvalue weighted by Crippen LogP contribution is -2.37. The number of nitro benzene ring substituents is 1. The molecule has 0 radical (unpaired) electrons. The van der Waals surface area contributed by atoms with Crippen LogP contribution in [0.2, 0.25) is 0 Å². The van der Waals surface area contributed by atoms with Gasteiger partial charge in [-0.1, -0.05) is 6.92 Å². The number of benzene rings is 1. The van der Waals surface area contributed by atoms with E-state index < -0.39 is 22.5 Å². The van der Waals surface area contributed by atoms with Crippen molar-refractivity contribution < 1.29 is 19.6 Å². The van der Waals surface area contributed by atoms with Gasteiger partial charge in [-0.05, 0) is 37.7 Å². The maximum Gasteiger partial charge on any atom is 0.335 e. The average Bonchev–Trinajstić information content (AvgIpc) is 2.49. The number of carboxylic acid groups (broad SMARTS) is 1. The van der Waals surface area contributed by atoms with Gasteiger partial charge in [-0.3, -0.25) is 14.9 Å². The Kier molecular flexibility index (Phi) is 4.75. The van der Waals surface area contributed by atoms with Gasteiger partial charge in [0, 0.05) is 23.7 Å². The Morgan fingerprint density at radius 3 is 2.32 bits per heavy atom. The first-order valence-electron chi connectivity index (χ1n) is 7.20. The highest BCUT2D eigenvalue weighted by Crippen LogP contribution is 2.24. The number of rotatable bonds is 4. The number of nitro groups is 1. The first-order valence-corrected chi connectivity index (χ1v) is 7.20. The van der Waals surface area contributed by atoms with Gasteiger partial charge in [0.05, 0.1) is 10.5 Å². The molecule has 7 nitrogen and oxygen atoms in total. The molecule has 0 bridgehead atoms. The maximum atomic E-state index is 12.2. The Hall–Kier alpha value is -2.44. The molecule has 1 aromatic rings. The normalized spacial score (nSPS) is 21.1. The van der Waals surface area contributed by atoms with Gasteiger partial charge in [-0.15, -0.1) is 0 Å². The zero-order valence-electron chi connectivity index (χ0n) is 12.2. The van der Waals surface area contributed by atoms with E-state index in [4.69, 9.17) is 5.11 Å². The number of hydrogen-bond donors (Lipinski definition) is 2. The van der Waals surface area contributed by atoms with Crippen LogP contribution in [0.1, 0.15) is 53.3 Å². The van der Waals surface area contributed by atoms with Crippen molar-refractivity contribution in [3.63, 3.8) is 0 Å². The zero-order chi connectivity index (χ0) is 16.3. The molecule has 0 saturated heterocycles. The van der Waals surface area contributed by atoms with Crippen molar-refractivity contribution in [3.05, 3.63) is 39.4 Å². The molecule has 2 rings (SSSR count). The van der Waals surface area contributed by atoms with Crippen molar-refractivity contribution in [1.82, 2.24) is 5.32 Å². The Bertz CT molecular complexity index is 574. The van der Waals surface area contributed by atoms with Crippen LogP contribution in [0.4, 0.5) is 5.69 Å². The molecular weight excluding hydrogens is 288 g/mol. The summed E-state index contributed by atoms with van der Waals surface area (Å²) in [5, 5.41) is 22.7. The molecule has 0 aliphatic heterocycles. The number of carbonyl (C=O) groups is 2. The molecule has 0 spiro atoms. The van der Waals surface area contributed by atoms with Crippen LogP contribution in [0.5, 0.6) is 0 Å². The molecule has 0 unspecified atom stereocenters. The van der Waals surface area contributed by atoms with Crippen LogP contribution in [-0.2, 0) is 0 Å². The quantitative estimate of drug-likeness (QED) is 0.656. The van der Waals surface area contributed by atoms with Crippen LogP contribution in [0.25, 0.3) is 0 Å². The van der Waals surface area contributed by atoms with Crippen molar-refractivity contribution in [2.45, 2.75) is 38.6 Å². The summed E-state index contributed by atoms with van der Waals surface area (Å²) in [6, 6.07) is 3.25. The fourth-order valence-corrected chi connectivity index (χ4v) is 2.64. The Balaban J connectivity index is 2.18. The number of nitrogens with zero attached hydrogens (tertiary/aromatic N) is 1. The van der Waals surface area contributed by atoms with Crippen LogP contribution < -0.4 is 5.32 Å². The molecule has 1 amide bonds. The van der Waals surface area contributed by atoms with Crippen molar-refractivity contribution in [1.29, 1.82) is 0 Å². The minimum Gasteiger partial charge on any atom is -0.478 e. The van der Waals surface area contributed by atoms with Crippen molar-refractivity contribution in [2.24, 2.45) is 5.92 Å². The molecule has 1 aromatic carbocycles. The number of aromatic carboxylic acids is 1. The summed E-state index contributed by atoms with van der Waals surface area (Å²) in [4.78, 5) is 33.4. The van der Waals surface area contributed by atoms with Gasteiger partial charge in [-0.25, -0.2) is 4.79 Å². The van der Waals surface area contributed by atoms with E-state index in [1.807, 2.05) is 0 Å². The van der Waals surface area contributed by atoms with Crippen LogP contribution in [0.3, 0.4) is 0 Å². The molecule has 0 heterocycles. The third kappa shape index (κ3) is 3.81. The van der Waals surface area contributed by atoms with E-state index in [0.717, 1.165) is 43.9 Å². The van der Waals surface area contributed by atoms with Gasteiger partial charge in [0.2, 0.25) is 0 Å². The first kappa shape index (κ1) is 15.9. The molecule has 7 heteroatoms. The fraction of sp³-hybridized carbons (Fsp3) is 0.467. The lowest BCUT2D eigenvalue weighted by atomic mass is 9.87. The molecule has 0 aromatic heterocycles. The Morgan fingerprint density at radius 2 is 1.77 bits per heavy atom. The largest absolute Gasteiger partial charge is 0.478 e. The predicted octanol–water partition coefficient (Wildman–Crippen LogP) is 2.60. The van der Waals surface area contributed by atoms with Gasteiger partial charge in [0.1, 0.15) is 0 Å². The lowest BCUT2D eigenvalue weighted by molar-refractivity contribution is -0.384. The smallest absolute Gasteiger partial charge is 0.335 e. The van der Waals surface area contributed by atoms with Gasteiger partial charge in [-0.2, -0.15) is 0 Å². The van der Waals surface area contributed by atoms with E-state index in [1.54, 1.807) is 0 Å². The van der Waals surface area contributed by atoms with Crippen molar-refractivity contribution >= 4 is 17.6 Å². The van der Waals surface area contributed by atoms with E-state index in [0.29, 0.717) is 5.92 Å². The second-order valence-corrected chi connectivity index (χ2v) is 5.76. The van der Waals surface area contributed by atoms with Gasteiger partial charge in [0.25, 0.3) is 11.6 Å². The monoisotopic (exact) mass is 306 g/mol. The number of hydrogen-bond acceptors (Lipinski definition) is 4. The maximum absolute atomic E-state index is 12.2. The van der Waals surface area contributed by atoms with E-state index >= 15 is 0 Å². The van der Waals surface area contributed by atoms with Crippen LogP contribution >= 0.6 is 0 Å². The minimum absolute atomic E-state index is 0.00484. The Labute approximate surface area is 127 Å². The summed E-state index contributed by atoms with van der Waals surface area (Å²) in [5.41, 5.74) is -0.663. The summed E-state index contributed by atoms with van der Waals surface area (Å²) in [7, 11) is 0. The molecule has 1 aliphatic carbocycles. The summed E-state index contributed by atoms with van der Waals surface area (Å²) >= 11 is 0. The Morgan fingerprint density at radius 1 is 1.18 bits per heavy atom. The number of carbonyl (C=O) groups excluding carboxylic acids is 1. The summed E-state index contributed by atoms with van der Waals surface area (Å²) in [6.07, 6.45) is 3.79. The fourth-order valence-electron chi connectivity index (χ4n) is 2.64. The zero-order valence-corrected chi connectivity index (χ0v) is 12.2. The first-order chi connectivity index (χ1) is 10.4. The third-order valence-corrected chi connectivity index (χ3v) is 3.99. The topological polar surface area (TPSA) is 110 Å². The number of non-ortho nitro benzene ring substituents is 1. The highest BCUT2D eigenvalue weighted by Gasteiger charge is 2.22. The molecule has 1 fully saturated rings. The van der Waals surface area contributed by atoms with E-state index in [1.165, 1.54) is 0 Å². The summed E-state index contributed by atoms with van der Waals surface area (Å²) < 4.78 is 0. The lowest BCUT2D eigenvalue weighted by Gasteiger charge is -2.26. The molecule has 2 N–H and O–H groups in total. The second kappa shape index (κ2) is 6.55. The van der Waals surface area contributed by atoms with E-state index in [2.05, 4.69) is 12.2 Å². The third-order valence-electron chi connectivity index (χ3n) is 3.99. The molecule has 1 aliphatic rings. The van der Waals surface area contributed by atoms with Gasteiger partial charge < -0.3 is 10.4 Å². The second-order valence-electron chi connectivity index (χ2n) is 5.76. The molecule has 1 saturated carbocycles. The highest BCUT2D eigenvalue weighted by atomic mass is 16.6. The van der Waals surface area contributed by atoms with Crippen molar-refractivity contribution in [3.8, 4) is 0 Å². The van der Waals surface area contributed by atoms with Crippen LogP contribution in [0.15, 0.2) is 18.2 Å². The molecule has 22 heavy (non-hydrogen) atoms. The molecular formula is C15H18N2O5. The highest BCUT2D eigenvalue weighted by molar-refractivity contribution is 5.98.